The van der Waals surface area contributed by atoms with Crippen LogP contribution >= 0.6 is 0 Å². The second-order valence-electron chi connectivity index (χ2n) is 11.8. The van der Waals surface area contributed by atoms with Gasteiger partial charge in [0.2, 0.25) is 0 Å². The average Bonchev–Trinajstić information content (AvgIpc) is 3.34. The average molecular weight is 449 g/mol. The number of aryl methyl sites for hydroxylation is 2. The van der Waals surface area contributed by atoms with E-state index in [2.05, 4.69) is 137 Å². The molecular formula is C32H36N2. The summed E-state index contributed by atoms with van der Waals surface area (Å²) >= 11 is 0. The number of fused-ring (bicyclic) bond motifs is 2. The Kier molecular flexibility index (Phi) is 5.06. The largest absolute Gasteiger partial charge is 0.313 e. The molecule has 0 bridgehead atoms. The van der Waals surface area contributed by atoms with Crippen molar-refractivity contribution in [2.45, 2.75) is 66.2 Å². The van der Waals surface area contributed by atoms with Gasteiger partial charge >= 0.3 is 0 Å². The van der Waals surface area contributed by atoms with Crippen molar-refractivity contribution in [1.29, 1.82) is 0 Å². The zero-order chi connectivity index (χ0) is 24.4. The number of hydrogen-bond donors (Lipinski definition) is 0. The lowest BCUT2D eigenvalue weighted by Crippen LogP contribution is -2.18. The van der Waals surface area contributed by atoms with E-state index < -0.39 is 0 Å². The molecule has 0 aliphatic carbocycles. The molecule has 0 aliphatic rings. The van der Waals surface area contributed by atoms with Crippen LogP contribution in [0.2, 0.25) is 0 Å². The van der Waals surface area contributed by atoms with Gasteiger partial charge in [0.25, 0.3) is 0 Å². The fourth-order valence-corrected chi connectivity index (χ4v) is 5.20. The summed E-state index contributed by atoms with van der Waals surface area (Å²) in [6, 6.07) is 26.9. The van der Waals surface area contributed by atoms with E-state index in [1.807, 2.05) is 0 Å². The highest BCUT2D eigenvalue weighted by atomic mass is 15.0. The Balaban J connectivity index is 1.80. The van der Waals surface area contributed by atoms with E-state index in [1.54, 1.807) is 0 Å². The lowest BCUT2D eigenvalue weighted by Gasteiger charge is -2.26. The molecule has 0 N–H and O–H groups in total. The molecule has 5 rings (SSSR count). The van der Waals surface area contributed by atoms with E-state index >= 15 is 0 Å². The monoisotopic (exact) mass is 448 g/mol. The zero-order valence-corrected chi connectivity index (χ0v) is 21.8. The molecular weight excluding hydrogens is 412 g/mol. The first-order valence-corrected chi connectivity index (χ1v) is 12.3. The Morgan fingerprint density at radius 1 is 0.500 bits per heavy atom. The van der Waals surface area contributed by atoms with Gasteiger partial charge in [0, 0.05) is 44.4 Å². The van der Waals surface area contributed by atoms with Crippen LogP contribution in [0.4, 0.5) is 0 Å². The van der Waals surface area contributed by atoms with Crippen molar-refractivity contribution in [1.82, 2.24) is 9.13 Å². The first-order chi connectivity index (χ1) is 16.0. The maximum Gasteiger partial charge on any atom is 0.0531 e. The molecule has 0 saturated heterocycles. The lowest BCUT2D eigenvalue weighted by atomic mass is 9.91. The van der Waals surface area contributed by atoms with Crippen LogP contribution in [-0.4, -0.2) is 9.13 Å². The molecule has 2 heteroatoms. The topological polar surface area (TPSA) is 9.86 Å². The summed E-state index contributed by atoms with van der Waals surface area (Å²) < 4.78 is 4.94. The predicted molar refractivity (Wildman–Crippen MR) is 147 cm³/mol. The van der Waals surface area contributed by atoms with E-state index in [9.17, 15) is 0 Å². The van der Waals surface area contributed by atoms with E-state index in [1.165, 1.54) is 55.7 Å². The van der Waals surface area contributed by atoms with Gasteiger partial charge in [-0.05, 0) is 61.4 Å². The molecule has 3 aromatic carbocycles. The molecule has 0 unspecified atom stereocenters. The van der Waals surface area contributed by atoms with Crippen molar-refractivity contribution in [2.75, 3.05) is 0 Å². The number of para-hydroxylation sites is 2. The molecule has 5 aromatic rings. The van der Waals surface area contributed by atoms with Gasteiger partial charge in [-0.15, -0.1) is 0 Å². The Labute approximate surface area is 203 Å². The van der Waals surface area contributed by atoms with E-state index in [0.717, 1.165) is 0 Å². The highest BCUT2D eigenvalue weighted by Crippen LogP contribution is 2.37. The Morgan fingerprint density at radius 2 is 0.853 bits per heavy atom. The summed E-state index contributed by atoms with van der Waals surface area (Å²) in [5.74, 6) is 0. The fraction of sp³-hybridized carbons (Fsp3) is 0.312. The fourth-order valence-electron chi connectivity index (χ4n) is 5.20. The predicted octanol–water partition coefficient (Wildman–Crippen LogP) is 8.79. The number of aromatic nitrogens is 2. The van der Waals surface area contributed by atoms with Crippen molar-refractivity contribution < 1.29 is 0 Å². The summed E-state index contributed by atoms with van der Waals surface area (Å²) in [6.07, 6.45) is 0. The number of hydrogen-bond acceptors (Lipinski definition) is 0. The molecule has 34 heavy (non-hydrogen) atoms. The highest BCUT2D eigenvalue weighted by Gasteiger charge is 2.25. The van der Waals surface area contributed by atoms with Crippen LogP contribution < -0.4 is 0 Å². The summed E-state index contributed by atoms with van der Waals surface area (Å²) in [5.41, 5.74) is 10.4. The smallest absolute Gasteiger partial charge is 0.0531 e. The molecule has 0 spiro atoms. The Hall–Kier alpha value is -3.26. The third kappa shape index (κ3) is 3.57. The van der Waals surface area contributed by atoms with Crippen molar-refractivity contribution in [3.05, 3.63) is 95.3 Å². The van der Waals surface area contributed by atoms with Gasteiger partial charge in [-0.3, -0.25) is 0 Å². The quantitative estimate of drug-likeness (QED) is 0.255. The normalized spacial score (nSPS) is 12.7. The van der Waals surface area contributed by atoms with Gasteiger partial charge in [0.1, 0.15) is 0 Å². The first-order valence-electron chi connectivity index (χ1n) is 12.3. The Morgan fingerprint density at radius 3 is 1.21 bits per heavy atom. The second-order valence-corrected chi connectivity index (χ2v) is 11.8. The lowest BCUT2D eigenvalue weighted by molar-refractivity contribution is 0.557. The van der Waals surface area contributed by atoms with Crippen molar-refractivity contribution in [2.24, 2.45) is 0 Å². The minimum atomic E-state index is 0.0358. The van der Waals surface area contributed by atoms with Crippen molar-refractivity contribution >= 4 is 21.8 Å². The van der Waals surface area contributed by atoms with Crippen LogP contribution in [0.25, 0.3) is 33.2 Å². The summed E-state index contributed by atoms with van der Waals surface area (Å²) in [5, 5.41) is 2.58. The van der Waals surface area contributed by atoms with Crippen molar-refractivity contribution in [3.8, 4) is 11.4 Å². The zero-order valence-electron chi connectivity index (χ0n) is 21.8. The van der Waals surface area contributed by atoms with Gasteiger partial charge in [-0.2, -0.15) is 0 Å². The minimum Gasteiger partial charge on any atom is -0.313 e. The van der Waals surface area contributed by atoms with E-state index in [0.29, 0.717) is 0 Å². The molecule has 2 nitrogen and oxygen atoms in total. The number of benzene rings is 3. The summed E-state index contributed by atoms with van der Waals surface area (Å²) in [4.78, 5) is 0. The standard InChI is InChI=1S/C32H36N2/c1-21-17-28(34-26-16-12-10-14-24(26)20-30(34)32(6,7)8)22(2)18-27(21)33-25-15-11-9-13-23(25)19-29(33)31(3,4)5/h9-20H,1-8H3. The van der Waals surface area contributed by atoms with E-state index in [-0.39, 0.29) is 10.8 Å². The number of nitrogens with zero attached hydrogens (tertiary/aromatic N) is 2. The maximum atomic E-state index is 2.47. The van der Waals surface area contributed by atoms with E-state index in [4.69, 9.17) is 0 Å². The third-order valence-electron chi connectivity index (χ3n) is 6.95. The molecule has 0 atom stereocenters. The SMILES string of the molecule is Cc1cc(-n2c(C(C)(C)C)cc3ccccc32)c(C)cc1-n1c(C(C)(C)C)cc2ccccc21. The van der Waals surface area contributed by atoms with Crippen LogP contribution in [0.1, 0.15) is 64.1 Å². The Bertz CT molecular complexity index is 1410. The minimum absolute atomic E-state index is 0.0358. The van der Waals surface area contributed by atoms with Gasteiger partial charge in [-0.1, -0.05) is 77.9 Å². The van der Waals surface area contributed by atoms with Crippen LogP contribution in [0.15, 0.2) is 72.8 Å². The highest BCUT2D eigenvalue weighted by molar-refractivity contribution is 5.86. The third-order valence-corrected chi connectivity index (χ3v) is 6.95. The van der Waals surface area contributed by atoms with Crippen LogP contribution in [0, 0.1) is 13.8 Å². The van der Waals surface area contributed by atoms with Gasteiger partial charge in [0.15, 0.2) is 0 Å². The molecule has 0 saturated carbocycles. The first kappa shape index (κ1) is 22.5. The molecule has 0 radical (unpaired) electrons. The summed E-state index contributed by atoms with van der Waals surface area (Å²) in [6.45, 7) is 18.3. The molecule has 2 heterocycles. The molecule has 0 amide bonds. The molecule has 174 valence electrons. The number of rotatable bonds is 2. The van der Waals surface area contributed by atoms with Crippen LogP contribution in [0.3, 0.4) is 0 Å². The van der Waals surface area contributed by atoms with Gasteiger partial charge < -0.3 is 9.13 Å². The summed E-state index contributed by atoms with van der Waals surface area (Å²) in [7, 11) is 0. The van der Waals surface area contributed by atoms with Gasteiger partial charge in [-0.25, -0.2) is 0 Å². The molecule has 0 aliphatic heterocycles. The molecule has 2 aromatic heterocycles. The van der Waals surface area contributed by atoms with Crippen LogP contribution in [-0.2, 0) is 10.8 Å². The van der Waals surface area contributed by atoms with Crippen molar-refractivity contribution in [3.63, 3.8) is 0 Å². The maximum absolute atomic E-state index is 2.47. The van der Waals surface area contributed by atoms with Crippen LogP contribution in [0.5, 0.6) is 0 Å². The molecule has 0 fully saturated rings. The van der Waals surface area contributed by atoms with Gasteiger partial charge in [0.05, 0.1) is 11.0 Å². The second kappa shape index (κ2) is 7.63.